The van der Waals surface area contributed by atoms with Crippen LogP contribution in [0, 0.1) is 0 Å². The third-order valence-corrected chi connectivity index (χ3v) is 5.69. The summed E-state index contributed by atoms with van der Waals surface area (Å²) in [7, 11) is 0. The maximum atomic E-state index is 12.7. The number of nitrogens with zero attached hydrogens (tertiary/aromatic N) is 5. The average molecular weight is 366 g/mol. The molecular weight excluding hydrogens is 348 g/mol. The van der Waals surface area contributed by atoms with E-state index >= 15 is 0 Å². The molecule has 132 valence electrons. The second-order valence-electron chi connectivity index (χ2n) is 6.14. The summed E-state index contributed by atoms with van der Waals surface area (Å²) in [6, 6.07) is 11.0. The average Bonchev–Trinajstić information content (AvgIpc) is 3.37. The predicted octanol–water partition coefficient (Wildman–Crippen LogP) is 3.34. The van der Waals surface area contributed by atoms with Crippen LogP contribution in [0.25, 0.3) is 5.69 Å². The van der Waals surface area contributed by atoms with Gasteiger partial charge in [-0.15, -0.1) is 16.9 Å². The third-order valence-electron chi connectivity index (χ3n) is 4.34. The fraction of sp³-hybridized carbons (Fsp3) is 0.278. The Morgan fingerprint density at radius 3 is 2.69 bits per heavy atom. The molecule has 4 rings (SSSR count). The number of carbonyl (C=O) groups is 1. The summed E-state index contributed by atoms with van der Waals surface area (Å²) in [6.45, 7) is 0. The minimum absolute atomic E-state index is 0.145. The molecule has 26 heavy (non-hydrogen) atoms. The molecule has 0 bridgehead atoms. The third kappa shape index (κ3) is 3.75. The van der Waals surface area contributed by atoms with Crippen molar-refractivity contribution in [1.29, 1.82) is 0 Å². The molecule has 1 aliphatic carbocycles. The summed E-state index contributed by atoms with van der Waals surface area (Å²) in [5, 5.41) is 15.4. The molecule has 1 fully saturated rings. The molecule has 0 unspecified atom stereocenters. The first-order valence-corrected chi connectivity index (χ1v) is 9.44. The second-order valence-corrected chi connectivity index (χ2v) is 7.42. The van der Waals surface area contributed by atoms with E-state index in [-0.39, 0.29) is 5.91 Å². The molecule has 0 atom stereocenters. The number of aromatic nitrogens is 5. The lowest BCUT2D eigenvalue weighted by molar-refractivity contribution is 0.102. The van der Waals surface area contributed by atoms with E-state index in [0.29, 0.717) is 16.5 Å². The van der Waals surface area contributed by atoms with Crippen LogP contribution < -0.4 is 5.32 Å². The van der Waals surface area contributed by atoms with Gasteiger partial charge in [-0.2, -0.15) is 0 Å². The van der Waals surface area contributed by atoms with Crippen molar-refractivity contribution in [1.82, 2.24) is 25.2 Å². The van der Waals surface area contributed by atoms with Crippen LogP contribution in [0.3, 0.4) is 0 Å². The van der Waals surface area contributed by atoms with E-state index in [1.54, 1.807) is 28.7 Å². The zero-order valence-electron chi connectivity index (χ0n) is 14.1. The predicted molar refractivity (Wildman–Crippen MR) is 99.5 cm³/mol. The number of hydrogen-bond acceptors (Lipinski definition) is 6. The van der Waals surface area contributed by atoms with E-state index in [1.165, 1.54) is 32.0 Å². The van der Waals surface area contributed by atoms with Gasteiger partial charge in [0, 0.05) is 17.1 Å². The molecular formula is C18H18N6OS. The van der Waals surface area contributed by atoms with Crippen LogP contribution in [-0.4, -0.2) is 36.3 Å². The number of anilines is 1. The first kappa shape index (κ1) is 16.7. The monoisotopic (exact) mass is 366 g/mol. The number of nitrogens with one attached hydrogen (secondary N) is 1. The van der Waals surface area contributed by atoms with Crippen molar-refractivity contribution in [2.24, 2.45) is 0 Å². The molecule has 0 saturated heterocycles. The van der Waals surface area contributed by atoms with Crippen molar-refractivity contribution in [3.05, 3.63) is 54.5 Å². The van der Waals surface area contributed by atoms with E-state index in [4.69, 9.17) is 0 Å². The zero-order chi connectivity index (χ0) is 17.8. The van der Waals surface area contributed by atoms with Gasteiger partial charge in [-0.05, 0) is 59.7 Å². The number of benzene rings is 1. The number of rotatable bonds is 5. The molecule has 0 radical (unpaired) electrons. The topological polar surface area (TPSA) is 85.6 Å². The Balaban J connectivity index is 1.48. The van der Waals surface area contributed by atoms with Gasteiger partial charge < -0.3 is 5.32 Å². The van der Waals surface area contributed by atoms with Crippen molar-refractivity contribution >= 4 is 23.4 Å². The van der Waals surface area contributed by atoms with Gasteiger partial charge in [0.1, 0.15) is 11.4 Å². The number of hydrogen-bond donors (Lipinski definition) is 1. The molecule has 0 spiro atoms. The lowest BCUT2D eigenvalue weighted by Crippen LogP contribution is -2.14. The number of thioether (sulfide) groups is 1. The number of pyridine rings is 1. The Morgan fingerprint density at radius 2 is 1.96 bits per heavy atom. The van der Waals surface area contributed by atoms with Gasteiger partial charge in [0.2, 0.25) is 0 Å². The van der Waals surface area contributed by atoms with E-state index in [9.17, 15) is 4.79 Å². The number of amides is 1. The van der Waals surface area contributed by atoms with Crippen LogP contribution in [0.2, 0.25) is 0 Å². The minimum atomic E-state index is -0.145. The van der Waals surface area contributed by atoms with Gasteiger partial charge >= 0.3 is 0 Å². The summed E-state index contributed by atoms with van der Waals surface area (Å²) in [6.07, 6.45) is 8.19. The fourth-order valence-electron chi connectivity index (χ4n) is 3.00. The maximum absolute atomic E-state index is 12.7. The Hall–Kier alpha value is -2.74. The highest BCUT2D eigenvalue weighted by Gasteiger charge is 2.20. The molecule has 1 saturated carbocycles. The van der Waals surface area contributed by atoms with Crippen LogP contribution in [-0.2, 0) is 0 Å². The molecule has 1 N–H and O–H groups in total. The summed E-state index contributed by atoms with van der Waals surface area (Å²) >= 11 is 1.72. The molecule has 2 aromatic heterocycles. The molecule has 7 nitrogen and oxygen atoms in total. The van der Waals surface area contributed by atoms with E-state index in [0.717, 1.165) is 10.7 Å². The van der Waals surface area contributed by atoms with Gasteiger partial charge in [-0.3, -0.25) is 4.79 Å². The summed E-state index contributed by atoms with van der Waals surface area (Å²) in [5.41, 5.74) is 2.16. The highest BCUT2D eigenvalue weighted by molar-refractivity contribution is 7.99. The van der Waals surface area contributed by atoms with Crippen molar-refractivity contribution in [3.63, 3.8) is 0 Å². The Labute approximate surface area is 155 Å². The van der Waals surface area contributed by atoms with Crippen molar-refractivity contribution in [2.45, 2.75) is 36.0 Å². The number of carbonyl (C=O) groups excluding carboxylic acids is 1. The second kappa shape index (κ2) is 7.65. The standard InChI is InChI=1S/C18H18N6OS/c25-17(16-6-3-11-19-18(16)26-15-4-1-2-5-15)21-13-7-9-14(10-8-13)24-12-20-22-23-24/h3,6-12,15H,1-2,4-5H2,(H,21,25). The van der Waals surface area contributed by atoms with Gasteiger partial charge in [0.25, 0.3) is 5.91 Å². The normalized spacial score (nSPS) is 14.5. The lowest BCUT2D eigenvalue weighted by Gasteiger charge is -2.12. The fourth-order valence-corrected chi connectivity index (χ4v) is 4.29. The smallest absolute Gasteiger partial charge is 0.258 e. The summed E-state index contributed by atoms with van der Waals surface area (Å²) < 4.78 is 1.56. The van der Waals surface area contributed by atoms with Crippen LogP contribution in [0.4, 0.5) is 5.69 Å². The van der Waals surface area contributed by atoms with Crippen LogP contribution in [0.1, 0.15) is 36.0 Å². The Morgan fingerprint density at radius 1 is 1.15 bits per heavy atom. The first-order chi connectivity index (χ1) is 12.8. The van der Waals surface area contributed by atoms with Crippen LogP contribution >= 0.6 is 11.8 Å². The van der Waals surface area contributed by atoms with E-state index < -0.39 is 0 Å². The lowest BCUT2D eigenvalue weighted by atomic mass is 10.2. The molecule has 1 aliphatic rings. The molecule has 0 aliphatic heterocycles. The van der Waals surface area contributed by atoms with Crippen molar-refractivity contribution in [3.8, 4) is 5.69 Å². The van der Waals surface area contributed by atoms with Crippen molar-refractivity contribution < 1.29 is 4.79 Å². The van der Waals surface area contributed by atoms with E-state index in [1.807, 2.05) is 30.3 Å². The first-order valence-electron chi connectivity index (χ1n) is 8.56. The molecule has 1 amide bonds. The molecule has 8 heteroatoms. The maximum Gasteiger partial charge on any atom is 0.258 e. The van der Waals surface area contributed by atoms with Crippen LogP contribution in [0.5, 0.6) is 0 Å². The molecule has 3 aromatic rings. The zero-order valence-corrected chi connectivity index (χ0v) is 14.9. The van der Waals surface area contributed by atoms with Gasteiger partial charge in [-0.1, -0.05) is 12.8 Å². The molecule has 2 heterocycles. The highest BCUT2D eigenvalue weighted by atomic mass is 32.2. The molecule has 1 aromatic carbocycles. The van der Waals surface area contributed by atoms with Crippen LogP contribution in [0.15, 0.2) is 53.9 Å². The van der Waals surface area contributed by atoms with Gasteiger partial charge in [-0.25, -0.2) is 9.67 Å². The summed E-state index contributed by atoms with van der Waals surface area (Å²) in [4.78, 5) is 17.1. The SMILES string of the molecule is O=C(Nc1ccc(-n2cnnn2)cc1)c1cccnc1SC1CCCC1. The Bertz CT molecular complexity index is 875. The quantitative estimate of drug-likeness (QED) is 0.745. The van der Waals surface area contributed by atoms with E-state index in [2.05, 4.69) is 25.8 Å². The van der Waals surface area contributed by atoms with Gasteiger partial charge in [0.05, 0.1) is 11.3 Å². The Kier molecular flexibility index (Phi) is 4.92. The largest absolute Gasteiger partial charge is 0.322 e. The van der Waals surface area contributed by atoms with Gasteiger partial charge in [0.15, 0.2) is 0 Å². The number of tetrazole rings is 1. The van der Waals surface area contributed by atoms with Crippen molar-refractivity contribution in [2.75, 3.05) is 5.32 Å². The summed E-state index contributed by atoms with van der Waals surface area (Å²) in [5.74, 6) is -0.145. The highest BCUT2D eigenvalue weighted by Crippen LogP contribution is 2.35. The minimum Gasteiger partial charge on any atom is -0.322 e.